The molecular formula is C20H20N4O3. The van der Waals surface area contributed by atoms with Crippen LogP contribution in [0.3, 0.4) is 0 Å². The number of carbonyl (C=O) groups excluding carboxylic acids is 1. The molecule has 27 heavy (non-hydrogen) atoms. The van der Waals surface area contributed by atoms with Gasteiger partial charge >= 0.3 is 5.97 Å². The van der Waals surface area contributed by atoms with Crippen LogP contribution >= 0.6 is 0 Å². The van der Waals surface area contributed by atoms with Crippen molar-refractivity contribution in [2.45, 2.75) is 38.6 Å². The smallest absolute Gasteiger partial charge is 0.335 e. The summed E-state index contributed by atoms with van der Waals surface area (Å²) in [6, 6.07) is 5.09. The van der Waals surface area contributed by atoms with Gasteiger partial charge in [-0.3, -0.25) is 9.89 Å². The Labute approximate surface area is 155 Å². The number of fused-ring (bicyclic) bond motifs is 4. The Morgan fingerprint density at radius 1 is 1.07 bits per heavy atom. The Morgan fingerprint density at radius 3 is 2.78 bits per heavy atom. The molecule has 1 amide bonds. The lowest BCUT2D eigenvalue weighted by Crippen LogP contribution is -2.36. The van der Waals surface area contributed by atoms with Crippen LogP contribution in [0.4, 0.5) is 0 Å². The second-order valence-corrected chi connectivity index (χ2v) is 7.36. The van der Waals surface area contributed by atoms with Crippen LogP contribution in [0.2, 0.25) is 0 Å². The molecule has 3 heterocycles. The molecule has 0 saturated heterocycles. The zero-order chi connectivity index (χ0) is 18.5. The standard InChI is InChI=1S/C20H20N4O3/c25-19(18-12-3-1-2-4-17(12)22-23-18)24-8-7-16-14(10-24)13-9-11(20(26)27)5-6-15(13)21-16/h5-6,9,21H,1-4,7-8,10H2,(H,22,23)(H,26,27). The average Bonchev–Trinajstić information content (AvgIpc) is 3.27. The quantitative estimate of drug-likeness (QED) is 0.650. The summed E-state index contributed by atoms with van der Waals surface area (Å²) in [5, 5.41) is 17.5. The van der Waals surface area contributed by atoms with Crippen molar-refractivity contribution >= 4 is 22.8 Å². The monoisotopic (exact) mass is 364 g/mol. The number of amides is 1. The van der Waals surface area contributed by atoms with Gasteiger partial charge < -0.3 is 15.0 Å². The van der Waals surface area contributed by atoms with Crippen molar-refractivity contribution in [2.75, 3.05) is 6.54 Å². The molecule has 2 aromatic heterocycles. The van der Waals surface area contributed by atoms with Gasteiger partial charge in [-0.15, -0.1) is 0 Å². The van der Waals surface area contributed by atoms with Crippen molar-refractivity contribution in [1.29, 1.82) is 0 Å². The summed E-state index contributed by atoms with van der Waals surface area (Å²) >= 11 is 0. The maximum atomic E-state index is 13.1. The Morgan fingerprint density at radius 2 is 1.93 bits per heavy atom. The minimum Gasteiger partial charge on any atom is -0.478 e. The topological polar surface area (TPSA) is 102 Å². The third kappa shape index (κ3) is 2.53. The number of carbonyl (C=O) groups is 2. The number of H-pyrrole nitrogens is 2. The summed E-state index contributed by atoms with van der Waals surface area (Å²) in [5.41, 5.74) is 5.99. The van der Waals surface area contributed by atoms with E-state index < -0.39 is 5.97 Å². The first kappa shape index (κ1) is 16.1. The summed E-state index contributed by atoms with van der Waals surface area (Å²) in [6.07, 6.45) is 4.82. The molecular weight excluding hydrogens is 344 g/mol. The first-order valence-corrected chi connectivity index (χ1v) is 9.34. The van der Waals surface area contributed by atoms with Crippen molar-refractivity contribution in [3.63, 3.8) is 0 Å². The number of rotatable bonds is 2. The molecule has 0 bridgehead atoms. The molecule has 7 nitrogen and oxygen atoms in total. The average molecular weight is 364 g/mol. The van der Waals surface area contributed by atoms with Crippen LogP contribution in [0.1, 0.15) is 56.2 Å². The van der Waals surface area contributed by atoms with E-state index in [2.05, 4.69) is 15.2 Å². The van der Waals surface area contributed by atoms with Gasteiger partial charge in [0, 0.05) is 52.9 Å². The lowest BCUT2D eigenvalue weighted by atomic mass is 9.95. The van der Waals surface area contributed by atoms with Gasteiger partial charge in [0.2, 0.25) is 0 Å². The molecule has 0 atom stereocenters. The molecule has 0 radical (unpaired) electrons. The predicted octanol–water partition coefficient (Wildman–Crippen LogP) is 2.67. The van der Waals surface area contributed by atoms with Crippen molar-refractivity contribution in [1.82, 2.24) is 20.1 Å². The van der Waals surface area contributed by atoms with Crippen LogP contribution in [0.15, 0.2) is 18.2 Å². The van der Waals surface area contributed by atoms with E-state index in [1.165, 1.54) is 0 Å². The number of aryl methyl sites for hydroxylation is 1. The van der Waals surface area contributed by atoms with Crippen LogP contribution < -0.4 is 0 Å². The number of nitrogens with one attached hydrogen (secondary N) is 2. The third-order valence-corrected chi connectivity index (χ3v) is 5.77. The maximum absolute atomic E-state index is 13.1. The molecule has 138 valence electrons. The van der Waals surface area contributed by atoms with Gasteiger partial charge in [-0.2, -0.15) is 5.10 Å². The van der Waals surface area contributed by atoms with Crippen molar-refractivity contribution in [3.8, 4) is 0 Å². The molecule has 3 N–H and O–H groups in total. The lowest BCUT2D eigenvalue weighted by Gasteiger charge is -2.27. The lowest BCUT2D eigenvalue weighted by molar-refractivity contribution is 0.0694. The van der Waals surface area contributed by atoms with Gasteiger partial charge in [0.15, 0.2) is 5.69 Å². The van der Waals surface area contributed by atoms with E-state index in [0.717, 1.165) is 65.5 Å². The van der Waals surface area contributed by atoms with E-state index in [4.69, 9.17) is 0 Å². The summed E-state index contributed by atoms with van der Waals surface area (Å²) in [6.45, 7) is 1.10. The van der Waals surface area contributed by atoms with Crippen LogP contribution in [0.5, 0.6) is 0 Å². The maximum Gasteiger partial charge on any atom is 0.335 e. The minimum atomic E-state index is -0.946. The predicted molar refractivity (Wildman–Crippen MR) is 98.9 cm³/mol. The first-order valence-electron chi connectivity index (χ1n) is 9.34. The molecule has 2 aliphatic rings. The number of aromatic nitrogens is 3. The molecule has 0 saturated carbocycles. The Balaban J connectivity index is 1.49. The van der Waals surface area contributed by atoms with E-state index in [-0.39, 0.29) is 11.5 Å². The van der Waals surface area contributed by atoms with Crippen LogP contribution in [0.25, 0.3) is 10.9 Å². The number of aromatic amines is 2. The number of hydrogen-bond acceptors (Lipinski definition) is 3. The molecule has 5 rings (SSSR count). The second-order valence-electron chi connectivity index (χ2n) is 7.36. The highest BCUT2D eigenvalue weighted by atomic mass is 16.4. The largest absolute Gasteiger partial charge is 0.478 e. The molecule has 7 heteroatoms. The molecule has 1 aliphatic carbocycles. The van der Waals surface area contributed by atoms with Gasteiger partial charge in [0.25, 0.3) is 5.91 Å². The molecule has 0 unspecified atom stereocenters. The molecule has 1 aromatic carbocycles. The van der Waals surface area contributed by atoms with Crippen LogP contribution in [-0.4, -0.2) is 43.6 Å². The van der Waals surface area contributed by atoms with Crippen molar-refractivity contribution in [2.24, 2.45) is 0 Å². The fraction of sp³-hybridized carbons (Fsp3) is 0.350. The fourth-order valence-electron chi connectivity index (χ4n) is 4.33. The fourth-order valence-corrected chi connectivity index (χ4v) is 4.33. The number of carboxylic acids is 1. The zero-order valence-electron chi connectivity index (χ0n) is 14.8. The Bertz CT molecular complexity index is 1080. The van der Waals surface area contributed by atoms with Gasteiger partial charge in [-0.05, 0) is 43.9 Å². The molecule has 0 fully saturated rings. The number of nitrogens with zero attached hydrogens (tertiary/aromatic N) is 2. The van der Waals surface area contributed by atoms with Crippen molar-refractivity contribution in [3.05, 3.63) is 52.0 Å². The van der Waals surface area contributed by atoms with E-state index in [1.54, 1.807) is 18.2 Å². The third-order valence-electron chi connectivity index (χ3n) is 5.77. The van der Waals surface area contributed by atoms with E-state index >= 15 is 0 Å². The normalized spacial score (nSPS) is 16.2. The first-order chi connectivity index (χ1) is 13.1. The van der Waals surface area contributed by atoms with Crippen LogP contribution in [0, 0.1) is 0 Å². The molecule has 0 spiro atoms. The highest BCUT2D eigenvalue weighted by molar-refractivity contribution is 5.97. The van der Waals surface area contributed by atoms with E-state index in [0.29, 0.717) is 18.8 Å². The Kier molecular flexibility index (Phi) is 3.56. The summed E-state index contributed by atoms with van der Waals surface area (Å²) in [4.78, 5) is 29.6. The van der Waals surface area contributed by atoms with E-state index in [9.17, 15) is 14.7 Å². The molecule has 1 aliphatic heterocycles. The summed E-state index contributed by atoms with van der Waals surface area (Å²) in [7, 11) is 0. The number of aromatic carboxylic acids is 1. The van der Waals surface area contributed by atoms with Crippen LogP contribution in [-0.2, 0) is 25.8 Å². The van der Waals surface area contributed by atoms with Gasteiger partial charge in [0.05, 0.1) is 5.56 Å². The summed E-state index contributed by atoms with van der Waals surface area (Å²) in [5.74, 6) is -0.984. The van der Waals surface area contributed by atoms with E-state index in [1.807, 2.05) is 4.90 Å². The van der Waals surface area contributed by atoms with Crippen molar-refractivity contribution < 1.29 is 14.7 Å². The molecule has 3 aromatic rings. The van der Waals surface area contributed by atoms with Gasteiger partial charge in [0.1, 0.15) is 0 Å². The van der Waals surface area contributed by atoms with Gasteiger partial charge in [-0.1, -0.05) is 0 Å². The number of benzene rings is 1. The van der Waals surface area contributed by atoms with Gasteiger partial charge in [-0.25, -0.2) is 4.79 Å². The SMILES string of the molecule is O=C(O)c1ccc2[nH]c3c(c2c1)CN(C(=O)c1n[nH]c2c1CCCC2)CC3. The second kappa shape index (κ2) is 5.97. The highest BCUT2D eigenvalue weighted by Crippen LogP contribution is 2.30. The zero-order valence-corrected chi connectivity index (χ0v) is 14.8. The number of hydrogen-bond donors (Lipinski definition) is 3. The highest BCUT2D eigenvalue weighted by Gasteiger charge is 2.29. The Hall–Kier alpha value is -3.09. The number of carboxylic acid groups (broad SMARTS) is 1. The summed E-state index contributed by atoms with van der Waals surface area (Å²) < 4.78 is 0. The minimum absolute atomic E-state index is 0.0382.